The molecule has 1 rings (SSSR count). The second-order valence-electron chi connectivity index (χ2n) is 1.32. The predicted molar refractivity (Wildman–Crippen MR) is 42.5 cm³/mol. The van der Waals surface area contributed by atoms with E-state index in [9.17, 15) is 0 Å². The van der Waals surface area contributed by atoms with E-state index in [4.69, 9.17) is 5.26 Å². The molecule has 1 nitrogen and oxygen atoms in total. The molecule has 0 N–H and O–H groups in total. The molecule has 0 saturated heterocycles. The van der Waals surface area contributed by atoms with Crippen molar-refractivity contribution in [2.45, 2.75) is 0 Å². The Balaban J connectivity index is 0.000000810. The second kappa shape index (κ2) is 5.54. The number of nitriles is 1. The van der Waals surface area contributed by atoms with Crippen LogP contribution in [0, 0.1) is 10.2 Å². The zero-order valence-electron chi connectivity index (χ0n) is 4.89. The summed E-state index contributed by atoms with van der Waals surface area (Å²) in [4.78, 5) is 2.20. The van der Waals surface area contributed by atoms with Gasteiger partial charge in [-0.1, -0.05) is 0 Å². The molecule has 0 bridgehead atoms. The Labute approximate surface area is 88.4 Å². The van der Waals surface area contributed by atoms with Crippen LogP contribution in [0.3, 0.4) is 0 Å². The summed E-state index contributed by atoms with van der Waals surface area (Å²) in [5.74, 6) is 0. The van der Waals surface area contributed by atoms with Crippen molar-refractivity contribution in [3.05, 3.63) is 17.5 Å². The molecule has 0 atom stereocenters. The predicted octanol–water partition coefficient (Wildman–Crippen LogP) is -0.0923. The normalized spacial score (nSPS) is 9.50. The molecule has 0 fully saturated rings. The van der Waals surface area contributed by atoms with E-state index >= 15 is 0 Å². The molecule has 0 unspecified atom stereocenters. The Morgan fingerprint density at radius 1 is 1.70 bits per heavy atom. The van der Waals surface area contributed by atoms with Gasteiger partial charge in [-0.3, -0.25) is 0 Å². The third-order valence-electron chi connectivity index (χ3n) is 0.789. The van der Waals surface area contributed by atoms with E-state index in [0.29, 0.717) is 0 Å². The van der Waals surface area contributed by atoms with Crippen LogP contribution in [-0.4, -0.2) is 34.6 Å². The third kappa shape index (κ3) is 2.88. The van der Waals surface area contributed by atoms with Gasteiger partial charge in [0.05, 0.1) is 0 Å². The molecule has 10 heavy (non-hydrogen) atoms. The average Bonchev–Trinajstić information content (AvgIpc) is 2.37. The Morgan fingerprint density at radius 2 is 2.40 bits per heavy atom. The quantitative estimate of drug-likeness (QED) is 0.564. The molecule has 1 heterocycles. The monoisotopic (exact) mass is 187 g/mol. The molecule has 0 aliphatic carbocycles. The van der Waals surface area contributed by atoms with Crippen molar-refractivity contribution in [3.63, 3.8) is 0 Å². The van der Waals surface area contributed by atoms with Crippen LogP contribution in [0.5, 0.6) is 0 Å². The van der Waals surface area contributed by atoms with E-state index in [-0.39, 0.29) is 30.6 Å². The fourth-order valence-electron chi connectivity index (χ4n) is 0.408. The van der Waals surface area contributed by atoms with Gasteiger partial charge in [-0.15, -0.1) is 0 Å². The molecule has 5 heteroatoms. The average molecular weight is 188 g/mol. The molecule has 0 radical (unpaired) electrons. The summed E-state index contributed by atoms with van der Waals surface area (Å²) in [5, 5.41) is 10.5. The fourth-order valence-corrected chi connectivity index (χ4v) is 2.18. The summed E-state index contributed by atoms with van der Waals surface area (Å²) < 4.78 is 1.17. The Kier molecular flexibility index (Phi) is 6.04. The Hall–Kier alpha value is 0.904. The number of thiophene rings is 1. The van der Waals surface area contributed by atoms with E-state index in [2.05, 4.69) is 4.97 Å². The van der Waals surface area contributed by atoms with Crippen molar-refractivity contribution in [2.24, 2.45) is 0 Å². The van der Waals surface area contributed by atoms with Crippen molar-refractivity contribution < 1.29 is 11.7 Å². The number of nitrogens with zero attached hydrogens (tertiary/aromatic N) is 1. The van der Waals surface area contributed by atoms with Crippen LogP contribution in [0.15, 0.2) is 17.5 Å². The van der Waals surface area contributed by atoms with Gasteiger partial charge >= 0.3 is 89.2 Å². The zero-order chi connectivity index (χ0) is 6.69. The van der Waals surface area contributed by atoms with Crippen molar-refractivity contribution in [1.29, 1.82) is 5.26 Å². The van der Waals surface area contributed by atoms with Gasteiger partial charge in [-0.25, -0.2) is 0 Å². The molecule has 0 amide bonds. The maximum atomic E-state index is 8.47. The van der Waals surface area contributed by atoms with Gasteiger partial charge in [-0.05, 0) is 0 Å². The first-order chi connectivity index (χ1) is 4.34. The number of rotatable bonds is 1. The van der Waals surface area contributed by atoms with Gasteiger partial charge in [0, 0.05) is 0 Å². The summed E-state index contributed by atoms with van der Waals surface area (Å²) in [5.41, 5.74) is 0. The van der Waals surface area contributed by atoms with Gasteiger partial charge in [0.1, 0.15) is 0 Å². The van der Waals surface area contributed by atoms with E-state index < -0.39 is 0 Å². The van der Waals surface area contributed by atoms with Gasteiger partial charge in [0.15, 0.2) is 0 Å². The van der Waals surface area contributed by atoms with Crippen molar-refractivity contribution in [3.8, 4) is 4.97 Å². The standard InChI is InChI=1S/C4H3S.CN.Cu.2Li.H/c1-2-4-5-3-1;1-2;;;;/h1-3H;;;;;. The Morgan fingerprint density at radius 3 is 2.80 bits per heavy atom. The van der Waals surface area contributed by atoms with Gasteiger partial charge in [0.25, 0.3) is 0 Å². The van der Waals surface area contributed by atoms with Crippen molar-refractivity contribution in [2.75, 3.05) is 0 Å². The fraction of sp³-hybridized carbons (Fsp3) is 0. The SMILES string of the molecule is [LiH].[Li][Cu]([C]#N)[c]1cccs1. The molecular formula is C5H4CuLi2NS. The van der Waals surface area contributed by atoms with Crippen LogP contribution in [0.1, 0.15) is 0 Å². The van der Waals surface area contributed by atoms with Gasteiger partial charge in [0.2, 0.25) is 0 Å². The van der Waals surface area contributed by atoms with Gasteiger partial charge < -0.3 is 0 Å². The topological polar surface area (TPSA) is 23.8 Å². The number of hydrogen-bond acceptors (Lipinski definition) is 2. The molecule has 0 spiro atoms. The third-order valence-corrected chi connectivity index (χ3v) is 3.69. The summed E-state index contributed by atoms with van der Waals surface area (Å²) in [6.07, 6.45) is 0. The molecule has 0 aromatic carbocycles. The second-order valence-corrected chi connectivity index (χ2v) is 4.43. The summed E-state index contributed by atoms with van der Waals surface area (Å²) >= 11 is 3.45. The van der Waals surface area contributed by atoms with E-state index in [1.807, 2.05) is 33.3 Å². The first kappa shape index (κ1) is 10.9. The molecular weight excluding hydrogens is 184 g/mol. The minimum atomic E-state index is -0.124. The van der Waals surface area contributed by atoms with Crippen molar-refractivity contribution >= 4 is 49.7 Å². The number of hydrogen-bond donors (Lipinski definition) is 0. The maximum absolute atomic E-state index is 8.47. The summed E-state index contributed by atoms with van der Waals surface area (Å²) in [6.45, 7) is 0. The molecule has 1 aromatic rings. The van der Waals surface area contributed by atoms with Crippen LogP contribution in [0.25, 0.3) is 0 Å². The van der Waals surface area contributed by atoms with E-state index in [0.717, 1.165) is 0 Å². The molecule has 0 aliphatic rings. The minimum absolute atomic E-state index is 0. The van der Waals surface area contributed by atoms with Crippen molar-refractivity contribution in [1.82, 2.24) is 0 Å². The molecule has 0 aliphatic heterocycles. The van der Waals surface area contributed by atoms with E-state index in [1.54, 1.807) is 11.3 Å². The first-order valence-electron chi connectivity index (χ1n) is 2.22. The molecule has 48 valence electrons. The van der Waals surface area contributed by atoms with Gasteiger partial charge in [-0.2, -0.15) is 0 Å². The zero-order valence-corrected chi connectivity index (χ0v) is 6.65. The van der Waals surface area contributed by atoms with Crippen LogP contribution in [0.4, 0.5) is 0 Å². The summed E-state index contributed by atoms with van der Waals surface area (Å²) in [6, 6.07) is 3.97. The Bertz CT molecular complexity index is 218. The first-order valence-corrected chi connectivity index (χ1v) is 4.98. The van der Waals surface area contributed by atoms with Crippen LogP contribution in [-0.2, 0) is 11.7 Å². The van der Waals surface area contributed by atoms with Crippen LogP contribution < -0.4 is 3.78 Å². The van der Waals surface area contributed by atoms with Crippen LogP contribution >= 0.6 is 11.3 Å². The van der Waals surface area contributed by atoms with Crippen LogP contribution in [0.2, 0.25) is 0 Å². The van der Waals surface area contributed by atoms with E-state index in [1.165, 1.54) is 3.78 Å². The molecule has 0 saturated carbocycles. The summed E-state index contributed by atoms with van der Waals surface area (Å²) in [7, 11) is 0. The molecule has 1 aromatic heterocycles.